The van der Waals surface area contributed by atoms with Gasteiger partial charge in [-0.15, -0.1) is 0 Å². The van der Waals surface area contributed by atoms with Gasteiger partial charge >= 0.3 is 5.97 Å². The summed E-state index contributed by atoms with van der Waals surface area (Å²) in [6.45, 7) is 2.51. The van der Waals surface area contributed by atoms with Crippen molar-refractivity contribution >= 4 is 5.97 Å². The van der Waals surface area contributed by atoms with Crippen molar-refractivity contribution in [2.45, 2.75) is 13.5 Å². The Morgan fingerprint density at radius 2 is 2.17 bits per heavy atom. The van der Waals surface area contributed by atoms with Crippen molar-refractivity contribution in [1.29, 1.82) is 0 Å². The maximum Gasteiger partial charge on any atom is 0.356 e. The van der Waals surface area contributed by atoms with Gasteiger partial charge in [0.1, 0.15) is 5.75 Å². The highest BCUT2D eigenvalue weighted by molar-refractivity contribution is 5.87. The molecule has 0 atom stereocenters. The lowest BCUT2D eigenvalue weighted by molar-refractivity contribution is 0.0689. The normalized spacial score (nSPS) is 10.3. The van der Waals surface area contributed by atoms with E-state index in [0.717, 1.165) is 11.3 Å². The standard InChI is InChI=1S/C13H14N2O3/c1-3-15-11(8-10(14-15)13(16)17)9-6-4-5-7-12(9)18-2/h4-8H,3H2,1-2H3,(H,16,17). The monoisotopic (exact) mass is 246 g/mol. The van der Waals surface area contributed by atoms with Gasteiger partial charge in [-0.1, -0.05) is 12.1 Å². The molecule has 2 aromatic rings. The molecule has 5 heteroatoms. The molecule has 0 saturated heterocycles. The highest BCUT2D eigenvalue weighted by Gasteiger charge is 2.16. The SMILES string of the molecule is CCn1nc(C(=O)O)cc1-c1ccccc1OC. The van der Waals surface area contributed by atoms with Crippen LogP contribution >= 0.6 is 0 Å². The van der Waals surface area contributed by atoms with Crippen LogP contribution in [0.25, 0.3) is 11.3 Å². The third-order valence-corrected chi connectivity index (χ3v) is 2.68. The quantitative estimate of drug-likeness (QED) is 0.898. The first-order chi connectivity index (χ1) is 8.67. The van der Waals surface area contributed by atoms with E-state index < -0.39 is 5.97 Å². The van der Waals surface area contributed by atoms with Gasteiger partial charge in [0.05, 0.1) is 12.8 Å². The van der Waals surface area contributed by atoms with Gasteiger partial charge in [0.2, 0.25) is 0 Å². The van der Waals surface area contributed by atoms with Crippen LogP contribution in [0.4, 0.5) is 0 Å². The Bertz CT molecular complexity index is 575. The number of para-hydroxylation sites is 1. The van der Waals surface area contributed by atoms with Gasteiger partial charge < -0.3 is 9.84 Å². The Hall–Kier alpha value is -2.30. The Morgan fingerprint density at radius 3 is 2.78 bits per heavy atom. The second-order valence-electron chi connectivity index (χ2n) is 3.74. The molecular weight excluding hydrogens is 232 g/mol. The average Bonchev–Trinajstić information content (AvgIpc) is 2.82. The van der Waals surface area contributed by atoms with E-state index in [1.807, 2.05) is 31.2 Å². The van der Waals surface area contributed by atoms with E-state index in [0.29, 0.717) is 12.3 Å². The van der Waals surface area contributed by atoms with Crippen molar-refractivity contribution in [2.75, 3.05) is 7.11 Å². The van der Waals surface area contributed by atoms with Gasteiger partial charge in [0.15, 0.2) is 5.69 Å². The number of nitrogens with zero attached hydrogens (tertiary/aromatic N) is 2. The number of carboxylic acid groups (broad SMARTS) is 1. The first-order valence-corrected chi connectivity index (χ1v) is 5.62. The average molecular weight is 246 g/mol. The Morgan fingerprint density at radius 1 is 1.44 bits per heavy atom. The Kier molecular flexibility index (Phi) is 3.32. The van der Waals surface area contributed by atoms with E-state index >= 15 is 0 Å². The summed E-state index contributed by atoms with van der Waals surface area (Å²) in [6.07, 6.45) is 0. The molecule has 1 N–H and O–H groups in total. The second-order valence-corrected chi connectivity index (χ2v) is 3.74. The van der Waals surface area contributed by atoms with Gasteiger partial charge in [-0.3, -0.25) is 4.68 Å². The third kappa shape index (κ3) is 2.07. The number of carboxylic acids is 1. The van der Waals surface area contributed by atoms with Crippen LogP contribution in [0.3, 0.4) is 0 Å². The third-order valence-electron chi connectivity index (χ3n) is 2.68. The number of carbonyl (C=O) groups is 1. The molecular formula is C13H14N2O3. The number of aromatic carboxylic acids is 1. The molecule has 2 rings (SSSR count). The number of hydrogen-bond acceptors (Lipinski definition) is 3. The van der Waals surface area contributed by atoms with Gasteiger partial charge in [-0.05, 0) is 25.1 Å². The molecule has 0 aliphatic carbocycles. The highest BCUT2D eigenvalue weighted by Crippen LogP contribution is 2.30. The minimum absolute atomic E-state index is 0.0396. The van der Waals surface area contributed by atoms with E-state index in [9.17, 15) is 4.79 Å². The molecule has 0 unspecified atom stereocenters. The highest BCUT2D eigenvalue weighted by atomic mass is 16.5. The van der Waals surface area contributed by atoms with Gasteiger partial charge in [0, 0.05) is 12.1 Å². The van der Waals surface area contributed by atoms with Crippen molar-refractivity contribution in [2.24, 2.45) is 0 Å². The second kappa shape index (κ2) is 4.91. The van der Waals surface area contributed by atoms with Crippen molar-refractivity contribution in [1.82, 2.24) is 9.78 Å². The summed E-state index contributed by atoms with van der Waals surface area (Å²) in [4.78, 5) is 11.0. The first kappa shape index (κ1) is 12.2. The van der Waals surface area contributed by atoms with Crippen LogP contribution in [0.1, 0.15) is 17.4 Å². The number of methoxy groups -OCH3 is 1. The molecule has 0 amide bonds. The van der Waals surface area contributed by atoms with Crippen LogP contribution < -0.4 is 4.74 Å². The molecule has 1 heterocycles. The molecule has 0 radical (unpaired) electrons. The lowest BCUT2D eigenvalue weighted by Gasteiger charge is -2.09. The minimum Gasteiger partial charge on any atom is -0.496 e. The van der Waals surface area contributed by atoms with Crippen LogP contribution in [0.5, 0.6) is 5.75 Å². The lowest BCUT2D eigenvalue weighted by Crippen LogP contribution is -2.02. The molecule has 0 aliphatic rings. The fourth-order valence-electron chi connectivity index (χ4n) is 1.84. The number of hydrogen-bond donors (Lipinski definition) is 1. The van der Waals surface area contributed by atoms with Crippen LogP contribution in [-0.4, -0.2) is 28.0 Å². The number of aryl methyl sites for hydroxylation is 1. The minimum atomic E-state index is -1.03. The molecule has 18 heavy (non-hydrogen) atoms. The van der Waals surface area contributed by atoms with Crippen LogP contribution in [0.2, 0.25) is 0 Å². The number of benzene rings is 1. The zero-order chi connectivity index (χ0) is 13.1. The fourth-order valence-corrected chi connectivity index (χ4v) is 1.84. The predicted octanol–water partition coefficient (Wildman–Crippen LogP) is 2.28. The van der Waals surface area contributed by atoms with Crippen LogP contribution in [0, 0.1) is 0 Å². The smallest absolute Gasteiger partial charge is 0.356 e. The van der Waals surface area contributed by atoms with E-state index in [4.69, 9.17) is 9.84 Å². The summed E-state index contributed by atoms with van der Waals surface area (Å²) < 4.78 is 6.93. The zero-order valence-corrected chi connectivity index (χ0v) is 10.3. The van der Waals surface area contributed by atoms with Crippen LogP contribution in [-0.2, 0) is 6.54 Å². The summed E-state index contributed by atoms with van der Waals surface area (Å²) in [7, 11) is 1.59. The Labute approximate surface area is 105 Å². The maximum atomic E-state index is 11.0. The zero-order valence-electron chi connectivity index (χ0n) is 10.3. The summed E-state index contributed by atoms with van der Waals surface area (Å²) in [6, 6.07) is 9.03. The molecule has 94 valence electrons. The van der Waals surface area contributed by atoms with Crippen LogP contribution in [0.15, 0.2) is 30.3 Å². The molecule has 0 aliphatic heterocycles. The maximum absolute atomic E-state index is 11.0. The van der Waals surface area contributed by atoms with E-state index in [1.54, 1.807) is 17.9 Å². The lowest BCUT2D eigenvalue weighted by atomic mass is 10.1. The van der Waals surface area contributed by atoms with Crippen molar-refractivity contribution < 1.29 is 14.6 Å². The predicted molar refractivity (Wildman–Crippen MR) is 66.8 cm³/mol. The molecule has 1 aromatic carbocycles. The van der Waals surface area contributed by atoms with Crippen molar-refractivity contribution in [3.63, 3.8) is 0 Å². The van der Waals surface area contributed by atoms with Gasteiger partial charge in [0.25, 0.3) is 0 Å². The molecule has 0 saturated carbocycles. The number of aromatic nitrogens is 2. The fraction of sp³-hybridized carbons (Fsp3) is 0.231. The van der Waals surface area contributed by atoms with Gasteiger partial charge in [-0.2, -0.15) is 5.10 Å². The van der Waals surface area contributed by atoms with E-state index in [1.165, 1.54) is 0 Å². The topological polar surface area (TPSA) is 64.4 Å². The largest absolute Gasteiger partial charge is 0.496 e. The van der Waals surface area contributed by atoms with Gasteiger partial charge in [-0.25, -0.2) is 4.79 Å². The summed E-state index contributed by atoms with van der Waals surface area (Å²) in [5.74, 6) is -0.331. The summed E-state index contributed by atoms with van der Waals surface area (Å²) in [5, 5.41) is 13.0. The summed E-state index contributed by atoms with van der Waals surface area (Å²) >= 11 is 0. The molecule has 0 spiro atoms. The molecule has 5 nitrogen and oxygen atoms in total. The van der Waals surface area contributed by atoms with Crippen molar-refractivity contribution in [3.8, 4) is 17.0 Å². The van der Waals surface area contributed by atoms with E-state index in [-0.39, 0.29) is 5.69 Å². The Balaban J connectivity index is 2.59. The van der Waals surface area contributed by atoms with E-state index in [2.05, 4.69) is 5.10 Å². The molecule has 0 bridgehead atoms. The summed E-state index contributed by atoms with van der Waals surface area (Å²) in [5.41, 5.74) is 1.62. The molecule has 0 fully saturated rings. The molecule has 1 aromatic heterocycles. The van der Waals surface area contributed by atoms with Crippen molar-refractivity contribution in [3.05, 3.63) is 36.0 Å². The first-order valence-electron chi connectivity index (χ1n) is 5.62. The number of ether oxygens (including phenoxy) is 1. The number of rotatable bonds is 4.